The third-order valence-electron chi connectivity index (χ3n) is 6.16. The van der Waals surface area contributed by atoms with E-state index in [9.17, 15) is 23.8 Å². The molecule has 10 heteroatoms. The summed E-state index contributed by atoms with van der Waals surface area (Å²) < 4.78 is 29.5. The number of fused-ring (bicyclic) bond motifs is 2. The Hall–Kier alpha value is -4.23. The second kappa shape index (κ2) is 8.28. The minimum Gasteiger partial charge on any atom is -0.278 e. The molecule has 1 aromatic heterocycles. The molecule has 0 amide bonds. The summed E-state index contributed by atoms with van der Waals surface area (Å²) in [6.07, 6.45) is 3.47. The maximum absolute atomic E-state index is 14.1. The number of aromatic amines is 1. The van der Waals surface area contributed by atoms with E-state index in [1.54, 1.807) is 36.5 Å². The lowest BCUT2D eigenvalue weighted by Gasteiger charge is -2.36. The molecule has 9 nitrogen and oxygen atoms in total. The van der Waals surface area contributed by atoms with Gasteiger partial charge in [-0.2, -0.15) is 10.4 Å². The van der Waals surface area contributed by atoms with Crippen molar-refractivity contribution in [2.75, 3.05) is 4.31 Å². The van der Waals surface area contributed by atoms with E-state index in [1.807, 2.05) is 6.07 Å². The number of benzene rings is 3. The minimum atomic E-state index is -4.37. The Labute approximate surface area is 195 Å². The molecule has 5 rings (SSSR count). The van der Waals surface area contributed by atoms with Crippen LogP contribution in [0.3, 0.4) is 0 Å². The fourth-order valence-corrected chi connectivity index (χ4v) is 6.47. The van der Waals surface area contributed by atoms with Gasteiger partial charge in [-0.05, 0) is 60.7 Å². The number of hydrogen-bond donors (Lipinski definition) is 1. The average Bonchev–Trinajstić information content (AvgIpc) is 3.32. The molecule has 1 aliphatic carbocycles. The molecule has 1 atom stereocenters. The van der Waals surface area contributed by atoms with E-state index in [0.717, 1.165) is 16.5 Å². The number of nitrogens with zero attached hydrogens (tertiary/aromatic N) is 4. The van der Waals surface area contributed by atoms with Crippen LogP contribution in [0.5, 0.6) is 0 Å². The summed E-state index contributed by atoms with van der Waals surface area (Å²) in [5.74, 6) is 0. The molecule has 3 aromatic carbocycles. The number of nitro benzene ring substituents is 1. The number of nitro groups is 1. The molecule has 1 aliphatic rings. The van der Waals surface area contributed by atoms with Crippen molar-refractivity contribution < 1.29 is 13.3 Å². The summed E-state index contributed by atoms with van der Waals surface area (Å²) in [6.45, 7) is 0. The number of para-hydroxylation sites is 1. The van der Waals surface area contributed by atoms with Crippen molar-refractivity contribution in [3.05, 3.63) is 93.7 Å². The van der Waals surface area contributed by atoms with Crippen molar-refractivity contribution in [2.45, 2.75) is 30.2 Å². The molecule has 0 saturated heterocycles. The second-order valence-electron chi connectivity index (χ2n) is 8.06. The van der Waals surface area contributed by atoms with Gasteiger partial charge in [0.2, 0.25) is 0 Å². The Kier molecular flexibility index (Phi) is 5.26. The van der Waals surface area contributed by atoms with Crippen LogP contribution in [0.4, 0.5) is 11.4 Å². The first-order valence-electron chi connectivity index (χ1n) is 10.6. The SMILES string of the molecule is N#Cc1cccc2c1CCCC2N(c1ccc2cn[nH]c2c1)S(=O)(=O)c1ccccc1[N+](=O)[O-]. The number of rotatable bonds is 5. The number of nitrogens with one attached hydrogen (secondary N) is 1. The zero-order chi connectivity index (χ0) is 23.9. The van der Waals surface area contributed by atoms with Gasteiger partial charge in [0.1, 0.15) is 0 Å². The van der Waals surface area contributed by atoms with Crippen LogP contribution in [0, 0.1) is 21.4 Å². The molecular formula is C24H19N5O4S. The monoisotopic (exact) mass is 473 g/mol. The summed E-state index contributed by atoms with van der Waals surface area (Å²) >= 11 is 0. The summed E-state index contributed by atoms with van der Waals surface area (Å²) in [6, 6.07) is 17.3. The van der Waals surface area contributed by atoms with Crippen molar-refractivity contribution in [1.82, 2.24) is 10.2 Å². The second-order valence-corrected chi connectivity index (χ2v) is 9.84. The molecule has 0 radical (unpaired) electrons. The fourth-order valence-electron chi connectivity index (χ4n) is 4.65. The summed E-state index contributed by atoms with van der Waals surface area (Å²) in [7, 11) is -4.37. The lowest BCUT2D eigenvalue weighted by molar-refractivity contribution is -0.387. The average molecular weight is 474 g/mol. The fraction of sp³-hybridized carbons (Fsp3) is 0.167. The molecule has 4 aromatic rings. The highest BCUT2D eigenvalue weighted by molar-refractivity contribution is 7.93. The van der Waals surface area contributed by atoms with E-state index in [2.05, 4.69) is 16.3 Å². The maximum Gasteiger partial charge on any atom is 0.289 e. The normalized spacial score (nSPS) is 15.4. The van der Waals surface area contributed by atoms with Gasteiger partial charge in [-0.3, -0.25) is 19.5 Å². The first kappa shape index (κ1) is 21.6. The smallest absolute Gasteiger partial charge is 0.278 e. The van der Waals surface area contributed by atoms with Crippen LogP contribution < -0.4 is 4.31 Å². The molecule has 1 unspecified atom stereocenters. The van der Waals surface area contributed by atoms with Gasteiger partial charge in [0.25, 0.3) is 15.7 Å². The Balaban J connectivity index is 1.77. The maximum atomic E-state index is 14.1. The van der Waals surface area contributed by atoms with Gasteiger partial charge in [-0.1, -0.05) is 24.3 Å². The van der Waals surface area contributed by atoms with Crippen molar-refractivity contribution >= 4 is 32.3 Å². The predicted molar refractivity (Wildman–Crippen MR) is 126 cm³/mol. The van der Waals surface area contributed by atoms with Crippen molar-refractivity contribution in [1.29, 1.82) is 5.26 Å². The van der Waals surface area contributed by atoms with Crippen LogP contribution in [-0.4, -0.2) is 23.5 Å². The molecular weight excluding hydrogens is 454 g/mol. The molecule has 0 spiro atoms. The zero-order valence-corrected chi connectivity index (χ0v) is 18.7. The Morgan fingerprint density at radius 3 is 2.76 bits per heavy atom. The number of sulfonamides is 1. The molecule has 0 aliphatic heterocycles. The molecule has 34 heavy (non-hydrogen) atoms. The van der Waals surface area contributed by atoms with E-state index in [0.29, 0.717) is 36.0 Å². The number of hydrogen-bond acceptors (Lipinski definition) is 6. The molecule has 170 valence electrons. The predicted octanol–water partition coefficient (Wildman–Crippen LogP) is 4.62. The van der Waals surface area contributed by atoms with Crippen LogP contribution in [-0.2, 0) is 16.4 Å². The van der Waals surface area contributed by atoms with Crippen molar-refractivity contribution in [2.24, 2.45) is 0 Å². The zero-order valence-electron chi connectivity index (χ0n) is 17.9. The van der Waals surface area contributed by atoms with Crippen LogP contribution in [0.15, 0.2) is 71.8 Å². The van der Waals surface area contributed by atoms with Crippen LogP contribution >= 0.6 is 0 Å². The lowest BCUT2D eigenvalue weighted by atomic mass is 9.85. The quantitative estimate of drug-likeness (QED) is 0.332. The largest absolute Gasteiger partial charge is 0.289 e. The van der Waals surface area contributed by atoms with Gasteiger partial charge in [0.05, 0.1) is 40.0 Å². The van der Waals surface area contributed by atoms with Gasteiger partial charge in [0, 0.05) is 11.5 Å². The number of nitriles is 1. The molecule has 1 heterocycles. The molecule has 1 N–H and O–H groups in total. The summed E-state index contributed by atoms with van der Waals surface area (Å²) in [5.41, 5.74) is 2.56. The number of H-pyrrole nitrogens is 1. The van der Waals surface area contributed by atoms with E-state index in [4.69, 9.17) is 0 Å². The van der Waals surface area contributed by atoms with Crippen LogP contribution in [0.2, 0.25) is 0 Å². The van der Waals surface area contributed by atoms with Crippen molar-refractivity contribution in [3.63, 3.8) is 0 Å². The Morgan fingerprint density at radius 1 is 1.15 bits per heavy atom. The first-order valence-corrected chi connectivity index (χ1v) is 12.1. The number of aromatic nitrogens is 2. The topological polar surface area (TPSA) is 133 Å². The van der Waals surface area contributed by atoms with Crippen LogP contribution in [0.25, 0.3) is 10.9 Å². The summed E-state index contributed by atoms with van der Waals surface area (Å²) in [4.78, 5) is 10.6. The Morgan fingerprint density at radius 2 is 1.97 bits per heavy atom. The van der Waals surface area contributed by atoms with E-state index < -0.39 is 26.7 Å². The van der Waals surface area contributed by atoms with E-state index >= 15 is 0 Å². The van der Waals surface area contributed by atoms with Gasteiger partial charge in [-0.25, -0.2) is 8.42 Å². The summed E-state index contributed by atoms with van der Waals surface area (Å²) in [5, 5.41) is 29.0. The van der Waals surface area contributed by atoms with Crippen LogP contribution in [0.1, 0.15) is 35.6 Å². The molecule has 0 bridgehead atoms. The van der Waals surface area contributed by atoms with Gasteiger partial charge < -0.3 is 0 Å². The highest BCUT2D eigenvalue weighted by Gasteiger charge is 2.39. The van der Waals surface area contributed by atoms with Gasteiger partial charge >= 0.3 is 0 Å². The highest BCUT2D eigenvalue weighted by Crippen LogP contribution is 2.43. The number of anilines is 1. The third-order valence-corrected chi connectivity index (χ3v) is 8.04. The first-order chi connectivity index (χ1) is 16.4. The van der Waals surface area contributed by atoms with Crippen molar-refractivity contribution in [3.8, 4) is 6.07 Å². The Bertz CT molecular complexity index is 1570. The molecule has 0 saturated carbocycles. The van der Waals surface area contributed by atoms with Gasteiger partial charge in [-0.15, -0.1) is 0 Å². The highest BCUT2D eigenvalue weighted by atomic mass is 32.2. The standard InChI is InChI=1S/C24H19N5O4S/c25-14-16-5-3-7-20-19(16)6-4-9-22(20)28(18-12-11-17-15-26-27-21(17)13-18)34(32,33)24-10-2-1-8-23(24)29(30)31/h1-3,5,7-8,10-13,15,22H,4,6,9H2,(H,26,27). The third kappa shape index (κ3) is 3.47. The van der Waals surface area contributed by atoms with Gasteiger partial charge in [0.15, 0.2) is 4.90 Å². The lowest BCUT2D eigenvalue weighted by Crippen LogP contribution is -2.37. The van der Waals surface area contributed by atoms with E-state index in [-0.39, 0.29) is 4.90 Å². The van der Waals surface area contributed by atoms with E-state index in [1.165, 1.54) is 28.6 Å². The minimum absolute atomic E-state index is 0.357. The molecule has 0 fully saturated rings.